The van der Waals surface area contributed by atoms with Gasteiger partial charge >= 0.3 is 11.9 Å². The van der Waals surface area contributed by atoms with Crippen molar-refractivity contribution in [3.05, 3.63) is 17.5 Å². The van der Waals surface area contributed by atoms with E-state index in [1.807, 2.05) is 19.9 Å². The van der Waals surface area contributed by atoms with Crippen LogP contribution in [0.3, 0.4) is 0 Å². The maximum absolute atomic E-state index is 8.40. The summed E-state index contributed by atoms with van der Waals surface area (Å²) in [4.78, 5) is 10.7. The first-order valence-corrected chi connectivity index (χ1v) is 3.73. The van der Waals surface area contributed by atoms with Crippen molar-refractivity contribution in [2.75, 3.05) is 0 Å². The number of guanidine groups is 1. The summed E-state index contributed by atoms with van der Waals surface area (Å²) in [5.74, 6) is 0.349. The molecule has 0 saturated carbocycles. The van der Waals surface area contributed by atoms with Crippen LogP contribution < -0.4 is 16.2 Å². The van der Waals surface area contributed by atoms with Crippen molar-refractivity contribution in [3.63, 3.8) is 0 Å². The van der Waals surface area contributed by atoms with Gasteiger partial charge in [-0.2, -0.15) is 5.48 Å². The first-order valence-electron chi connectivity index (χ1n) is 3.73. The summed E-state index contributed by atoms with van der Waals surface area (Å²) in [6, 6.07) is 1.84. The summed E-state index contributed by atoms with van der Waals surface area (Å²) in [5.41, 5.74) is 8.69. The molecular formula is C7H12N5O+. The third-order valence-corrected chi connectivity index (χ3v) is 1.35. The smallest absolute Gasteiger partial charge is 0.320 e. The van der Waals surface area contributed by atoms with Gasteiger partial charge in [0.15, 0.2) is 0 Å². The van der Waals surface area contributed by atoms with Crippen LogP contribution in [0.1, 0.15) is 11.4 Å². The first kappa shape index (κ1) is 9.40. The lowest BCUT2D eigenvalue weighted by molar-refractivity contribution is -0.371. The number of hydrogen-bond acceptors (Lipinski definition) is 3. The Labute approximate surface area is 75.5 Å². The van der Waals surface area contributed by atoms with Crippen molar-refractivity contribution in [3.8, 4) is 0 Å². The summed E-state index contributed by atoms with van der Waals surface area (Å²) < 4.78 is 0. The lowest BCUT2D eigenvalue weighted by atomic mass is 10.4. The van der Waals surface area contributed by atoms with E-state index in [0.717, 1.165) is 11.4 Å². The van der Waals surface area contributed by atoms with Crippen molar-refractivity contribution in [1.29, 1.82) is 0 Å². The predicted molar refractivity (Wildman–Crippen MR) is 46.2 cm³/mol. The Morgan fingerprint density at radius 1 is 1.46 bits per heavy atom. The maximum atomic E-state index is 8.40. The van der Waals surface area contributed by atoms with Crippen LogP contribution in [0.4, 0.5) is 5.95 Å². The summed E-state index contributed by atoms with van der Waals surface area (Å²) in [6.07, 6.45) is 0. The molecule has 0 amide bonds. The third kappa shape index (κ3) is 2.68. The SMILES string of the molecule is Cc1cc(C)nc([NH+]=C(N)NO)n1. The van der Waals surface area contributed by atoms with Crippen LogP contribution in [0, 0.1) is 13.8 Å². The van der Waals surface area contributed by atoms with Crippen LogP contribution in [0.2, 0.25) is 0 Å². The molecule has 1 heterocycles. The van der Waals surface area contributed by atoms with Gasteiger partial charge < -0.3 is 5.73 Å². The van der Waals surface area contributed by atoms with Crippen molar-refractivity contribution in [2.24, 2.45) is 5.73 Å². The number of hydrogen-bond donors (Lipinski definition) is 4. The zero-order valence-corrected chi connectivity index (χ0v) is 7.50. The van der Waals surface area contributed by atoms with Gasteiger partial charge in [-0.15, -0.1) is 9.97 Å². The fourth-order valence-electron chi connectivity index (χ4n) is 0.930. The maximum Gasteiger partial charge on any atom is 0.354 e. The van der Waals surface area contributed by atoms with Gasteiger partial charge in [0, 0.05) is 6.07 Å². The van der Waals surface area contributed by atoms with E-state index in [4.69, 9.17) is 10.9 Å². The molecule has 0 fully saturated rings. The average molecular weight is 182 g/mol. The average Bonchev–Trinajstić information content (AvgIpc) is 2.02. The molecule has 0 radical (unpaired) electrons. The van der Waals surface area contributed by atoms with Crippen molar-refractivity contribution in [1.82, 2.24) is 15.4 Å². The second-order valence-electron chi connectivity index (χ2n) is 2.62. The van der Waals surface area contributed by atoms with Gasteiger partial charge in [-0.25, -0.2) is 4.99 Å². The van der Waals surface area contributed by atoms with E-state index in [1.54, 1.807) is 5.48 Å². The normalized spacial score (nSPS) is 11.5. The highest BCUT2D eigenvalue weighted by molar-refractivity contribution is 5.70. The molecule has 0 bridgehead atoms. The summed E-state index contributed by atoms with van der Waals surface area (Å²) in [6.45, 7) is 3.70. The van der Waals surface area contributed by atoms with Crippen molar-refractivity contribution in [2.45, 2.75) is 13.8 Å². The quantitative estimate of drug-likeness (QED) is 0.231. The predicted octanol–water partition coefficient (Wildman–Crippen LogP) is -1.90. The first-order chi connectivity index (χ1) is 6.11. The van der Waals surface area contributed by atoms with E-state index >= 15 is 0 Å². The molecule has 1 aromatic heterocycles. The minimum atomic E-state index is -0.00926. The second-order valence-corrected chi connectivity index (χ2v) is 2.62. The van der Waals surface area contributed by atoms with E-state index in [1.165, 1.54) is 0 Å². The molecule has 0 aromatic carbocycles. The number of aromatic nitrogens is 2. The Morgan fingerprint density at radius 2 is 2.00 bits per heavy atom. The Hall–Kier alpha value is -1.69. The van der Waals surface area contributed by atoms with E-state index in [9.17, 15) is 0 Å². The van der Waals surface area contributed by atoms with E-state index < -0.39 is 0 Å². The molecule has 0 aliphatic heterocycles. The molecule has 6 nitrogen and oxygen atoms in total. The number of hydroxylamine groups is 1. The zero-order chi connectivity index (χ0) is 9.84. The Morgan fingerprint density at radius 3 is 2.46 bits per heavy atom. The number of nitrogens with one attached hydrogen (secondary N) is 2. The molecule has 0 aliphatic carbocycles. The fourth-order valence-corrected chi connectivity index (χ4v) is 0.930. The van der Waals surface area contributed by atoms with Gasteiger partial charge in [0.25, 0.3) is 0 Å². The summed E-state index contributed by atoms with van der Waals surface area (Å²) in [7, 11) is 0. The molecule has 1 rings (SSSR count). The van der Waals surface area contributed by atoms with Gasteiger partial charge in [0.1, 0.15) is 0 Å². The molecule has 13 heavy (non-hydrogen) atoms. The second kappa shape index (κ2) is 3.81. The molecule has 0 aliphatic rings. The van der Waals surface area contributed by atoms with Crippen molar-refractivity contribution >= 4 is 11.9 Å². The Bertz CT molecular complexity index is 315. The van der Waals surface area contributed by atoms with E-state index in [2.05, 4.69) is 15.0 Å². The minimum absolute atomic E-state index is 0.00926. The molecule has 70 valence electrons. The van der Waals surface area contributed by atoms with Crippen LogP contribution in [0.5, 0.6) is 0 Å². The number of nitrogens with two attached hydrogens (primary N) is 1. The molecule has 0 saturated heterocycles. The highest BCUT2D eigenvalue weighted by atomic mass is 16.5. The van der Waals surface area contributed by atoms with E-state index in [0.29, 0.717) is 5.95 Å². The monoisotopic (exact) mass is 182 g/mol. The molecular weight excluding hydrogens is 170 g/mol. The molecule has 1 aromatic rings. The number of rotatable bonds is 1. The Balaban J connectivity index is 3.02. The zero-order valence-electron chi connectivity index (χ0n) is 7.50. The van der Waals surface area contributed by atoms with Gasteiger partial charge in [-0.05, 0) is 13.8 Å². The highest BCUT2D eigenvalue weighted by Gasteiger charge is 2.03. The van der Waals surface area contributed by atoms with Crippen LogP contribution in [-0.2, 0) is 0 Å². The minimum Gasteiger partial charge on any atom is -0.320 e. The van der Waals surface area contributed by atoms with E-state index in [-0.39, 0.29) is 5.96 Å². The summed E-state index contributed by atoms with van der Waals surface area (Å²) >= 11 is 0. The molecule has 0 atom stereocenters. The lowest BCUT2D eigenvalue weighted by Crippen LogP contribution is -2.74. The van der Waals surface area contributed by atoms with Gasteiger partial charge in [0.2, 0.25) is 0 Å². The highest BCUT2D eigenvalue weighted by Crippen LogP contribution is 1.97. The molecule has 6 heteroatoms. The van der Waals surface area contributed by atoms with Crippen LogP contribution in [-0.4, -0.2) is 21.1 Å². The molecule has 0 unspecified atom stereocenters. The molecule has 0 spiro atoms. The summed E-state index contributed by atoms with van der Waals surface area (Å²) in [5, 5.41) is 8.40. The van der Waals surface area contributed by atoms with Gasteiger partial charge in [0.05, 0.1) is 11.4 Å². The van der Waals surface area contributed by atoms with Crippen LogP contribution >= 0.6 is 0 Å². The van der Waals surface area contributed by atoms with Gasteiger partial charge in [-0.3, -0.25) is 5.21 Å². The number of aryl methyl sites for hydroxylation is 2. The topological polar surface area (TPSA) is 98.0 Å². The largest absolute Gasteiger partial charge is 0.354 e. The lowest BCUT2D eigenvalue weighted by Gasteiger charge is -1.94. The number of nitrogens with zero attached hydrogens (tertiary/aromatic N) is 2. The standard InChI is InChI=1S/C7H11N5O/c1-4-3-5(2)10-7(9-4)11-6(8)12-13/h3,13H,1-2H3,(H3,8,9,10,11,12)/p+1. The fraction of sp³-hybridized carbons (Fsp3) is 0.286. The van der Waals surface area contributed by atoms with Crippen molar-refractivity contribution < 1.29 is 10.2 Å². The Kier molecular flexibility index (Phi) is 2.76. The van der Waals surface area contributed by atoms with Crippen LogP contribution in [0.25, 0.3) is 0 Å². The third-order valence-electron chi connectivity index (χ3n) is 1.35. The van der Waals surface area contributed by atoms with Gasteiger partial charge in [-0.1, -0.05) is 0 Å². The van der Waals surface area contributed by atoms with Crippen LogP contribution in [0.15, 0.2) is 6.07 Å². The molecule has 5 N–H and O–H groups in total.